The molecule has 0 spiro atoms. The first kappa shape index (κ1) is 18.2. The van der Waals surface area contributed by atoms with Crippen LogP contribution in [0.15, 0.2) is 30.0 Å². The molecule has 7 heteroatoms. The van der Waals surface area contributed by atoms with Gasteiger partial charge in [0.2, 0.25) is 10.3 Å². The van der Waals surface area contributed by atoms with Crippen molar-refractivity contribution in [3.63, 3.8) is 0 Å². The monoisotopic (exact) mass is 385 g/mol. The van der Waals surface area contributed by atoms with Crippen LogP contribution in [0.1, 0.15) is 61.9 Å². The Bertz CT molecular complexity index is 803. The second-order valence-corrected chi connectivity index (χ2v) is 8.23. The molecule has 0 saturated carbocycles. The lowest BCUT2D eigenvalue weighted by Crippen LogP contribution is -2.29. The molecule has 0 radical (unpaired) electrons. The highest BCUT2D eigenvalue weighted by Gasteiger charge is 2.19. The van der Waals surface area contributed by atoms with Crippen LogP contribution in [-0.4, -0.2) is 40.3 Å². The molecule has 6 nitrogen and oxygen atoms in total. The zero-order valence-electron chi connectivity index (χ0n) is 15.7. The summed E-state index contributed by atoms with van der Waals surface area (Å²) in [7, 11) is 0. The fourth-order valence-electron chi connectivity index (χ4n) is 3.81. The average Bonchev–Trinajstić information content (AvgIpc) is 3.39. The van der Waals surface area contributed by atoms with E-state index < -0.39 is 0 Å². The maximum atomic E-state index is 12.6. The summed E-state index contributed by atoms with van der Waals surface area (Å²) in [6, 6.07) is 3.73. The molecule has 2 aliphatic rings. The van der Waals surface area contributed by atoms with Gasteiger partial charge in [-0.1, -0.05) is 23.0 Å². The van der Waals surface area contributed by atoms with Gasteiger partial charge < -0.3 is 10.2 Å². The molecule has 4 rings (SSSR count). The van der Waals surface area contributed by atoms with Crippen molar-refractivity contribution in [2.45, 2.75) is 51.4 Å². The van der Waals surface area contributed by atoms with E-state index >= 15 is 0 Å². The molecule has 1 amide bonds. The Kier molecular flexibility index (Phi) is 5.87. The van der Waals surface area contributed by atoms with Crippen LogP contribution in [0.3, 0.4) is 0 Å². The van der Waals surface area contributed by atoms with E-state index in [2.05, 4.69) is 26.5 Å². The van der Waals surface area contributed by atoms with Crippen molar-refractivity contribution in [2.75, 3.05) is 24.5 Å². The summed E-state index contributed by atoms with van der Waals surface area (Å²) in [6.45, 7) is 2.78. The van der Waals surface area contributed by atoms with Gasteiger partial charge in [-0.05, 0) is 63.5 Å². The van der Waals surface area contributed by atoms with Crippen LogP contribution in [0.25, 0.3) is 5.13 Å². The zero-order chi connectivity index (χ0) is 18.5. The molecular weight excluding hydrogens is 358 g/mol. The number of hydrogen-bond donors (Lipinski definition) is 1. The van der Waals surface area contributed by atoms with Crippen LogP contribution in [0.2, 0.25) is 0 Å². The summed E-state index contributed by atoms with van der Waals surface area (Å²) in [5.74, 6) is -0.0499. The Labute approximate surface area is 164 Å². The maximum absolute atomic E-state index is 12.6. The van der Waals surface area contributed by atoms with Gasteiger partial charge in [0.15, 0.2) is 0 Å². The predicted molar refractivity (Wildman–Crippen MR) is 109 cm³/mol. The minimum Gasteiger partial charge on any atom is -0.350 e. The summed E-state index contributed by atoms with van der Waals surface area (Å²) in [5.41, 5.74) is 2.10. The number of rotatable bonds is 6. The highest BCUT2D eigenvalue weighted by Crippen LogP contribution is 2.27. The first-order valence-corrected chi connectivity index (χ1v) is 10.9. The van der Waals surface area contributed by atoms with Crippen molar-refractivity contribution in [1.82, 2.24) is 20.1 Å². The zero-order valence-corrected chi connectivity index (χ0v) is 16.5. The largest absolute Gasteiger partial charge is 0.350 e. The third kappa shape index (κ3) is 4.40. The molecule has 2 aromatic rings. The molecular formula is C20H27N5OS. The van der Waals surface area contributed by atoms with Gasteiger partial charge in [-0.15, -0.1) is 10.2 Å². The van der Waals surface area contributed by atoms with Crippen molar-refractivity contribution in [3.05, 3.63) is 35.7 Å². The Hall–Kier alpha value is -2.15. The van der Waals surface area contributed by atoms with Crippen LogP contribution < -0.4 is 10.2 Å². The molecule has 1 N–H and O–H groups in total. The van der Waals surface area contributed by atoms with Crippen molar-refractivity contribution in [2.24, 2.45) is 0 Å². The fraction of sp³-hybridized carbons (Fsp3) is 0.550. The average molecular weight is 386 g/mol. The van der Waals surface area contributed by atoms with Crippen LogP contribution >= 0.6 is 11.3 Å². The van der Waals surface area contributed by atoms with E-state index in [4.69, 9.17) is 0 Å². The lowest BCUT2D eigenvalue weighted by molar-refractivity contribution is 0.0947. The summed E-state index contributed by atoms with van der Waals surface area (Å²) >= 11 is 1.55. The van der Waals surface area contributed by atoms with E-state index in [1.807, 2.05) is 22.9 Å². The van der Waals surface area contributed by atoms with E-state index in [-0.39, 0.29) is 5.91 Å². The first-order valence-electron chi connectivity index (χ1n) is 10.0. The lowest BCUT2D eigenvalue weighted by atomic mass is 9.97. The Morgan fingerprint density at radius 1 is 1.11 bits per heavy atom. The van der Waals surface area contributed by atoms with Crippen molar-refractivity contribution >= 4 is 22.4 Å². The quantitative estimate of drug-likeness (QED) is 0.765. The molecule has 1 saturated heterocycles. The van der Waals surface area contributed by atoms with Gasteiger partial charge in [-0.2, -0.15) is 0 Å². The minimum atomic E-state index is -0.0499. The molecule has 144 valence electrons. The number of hydrogen-bond acceptors (Lipinski definition) is 5. The maximum Gasteiger partial charge on any atom is 0.268 e. The Morgan fingerprint density at radius 2 is 1.96 bits per heavy atom. The normalized spacial score (nSPS) is 17.6. The summed E-state index contributed by atoms with van der Waals surface area (Å²) in [5, 5.41) is 13.4. The number of nitrogens with zero attached hydrogens (tertiary/aromatic N) is 4. The predicted octanol–water partition coefficient (Wildman–Crippen LogP) is 3.94. The van der Waals surface area contributed by atoms with E-state index in [1.54, 1.807) is 11.3 Å². The van der Waals surface area contributed by atoms with E-state index in [9.17, 15) is 4.79 Å². The lowest BCUT2D eigenvalue weighted by Gasteiger charge is -2.25. The van der Waals surface area contributed by atoms with Gasteiger partial charge in [0.1, 0.15) is 5.69 Å². The third-order valence-electron chi connectivity index (χ3n) is 5.33. The number of piperidine rings is 1. The second-order valence-electron chi connectivity index (χ2n) is 7.29. The van der Waals surface area contributed by atoms with Crippen LogP contribution in [0.5, 0.6) is 0 Å². The molecule has 0 aromatic carbocycles. The van der Waals surface area contributed by atoms with Crippen molar-refractivity contribution in [3.8, 4) is 5.13 Å². The van der Waals surface area contributed by atoms with Gasteiger partial charge in [-0.25, -0.2) is 0 Å². The molecule has 1 aliphatic heterocycles. The van der Waals surface area contributed by atoms with Crippen LogP contribution in [-0.2, 0) is 0 Å². The number of carbonyl (C=O) groups excluding carboxylic acids is 1. The molecule has 1 aliphatic carbocycles. The number of carbonyl (C=O) groups is 1. The van der Waals surface area contributed by atoms with Crippen LogP contribution in [0, 0.1) is 0 Å². The molecule has 0 atom stereocenters. The molecule has 0 bridgehead atoms. The minimum absolute atomic E-state index is 0.0499. The van der Waals surface area contributed by atoms with Gasteiger partial charge >= 0.3 is 0 Å². The Morgan fingerprint density at radius 3 is 2.78 bits per heavy atom. The topological polar surface area (TPSA) is 63.1 Å². The van der Waals surface area contributed by atoms with Gasteiger partial charge in [-0.3, -0.25) is 9.36 Å². The fourth-order valence-corrected chi connectivity index (χ4v) is 4.71. The molecule has 3 heterocycles. The first-order chi connectivity index (χ1) is 13.3. The molecule has 0 unspecified atom stereocenters. The third-order valence-corrected chi connectivity index (χ3v) is 6.32. The summed E-state index contributed by atoms with van der Waals surface area (Å²) in [4.78, 5) is 14.9. The highest BCUT2D eigenvalue weighted by atomic mass is 32.1. The number of allylic oxidation sites excluding steroid dienone is 1. The van der Waals surface area contributed by atoms with Crippen LogP contribution in [0.4, 0.5) is 5.13 Å². The van der Waals surface area contributed by atoms with Gasteiger partial charge in [0.25, 0.3) is 5.91 Å². The smallest absolute Gasteiger partial charge is 0.268 e. The number of aromatic nitrogens is 3. The number of amides is 1. The molecule has 1 fully saturated rings. The molecule has 27 heavy (non-hydrogen) atoms. The van der Waals surface area contributed by atoms with Gasteiger partial charge in [0.05, 0.1) is 0 Å². The van der Waals surface area contributed by atoms with E-state index in [0.29, 0.717) is 12.2 Å². The second kappa shape index (κ2) is 8.69. The van der Waals surface area contributed by atoms with Crippen molar-refractivity contribution in [1.29, 1.82) is 0 Å². The summed E-state index contributed by atoms with van der Waals surface area (Å²) in [6.07, 6.45) is 13.8. The number of nitrogens with one attached hydrogen (secondary N) is 1. The summed E-state index contributed by atoms with van der Waals surface area (Å²) < 4.78 is 1.85. The standard InChI is InChI=1S/C20H27N5OS/c26-18(21-12-11-16-8-3-1-4-9-16)17-10-7-15-25(17)20-23-22-19(27-20)24-13-5-2-6-14-24/h7-8,10,15H,1-6,9,11-14H2,(H,21,26). The Balaban J connectivity index is 1.39. The number of anilines is 1. The van der Waals surface area contributed by atoms with Crippen molar-refractivity contribution < 1.29 is 4.79 Å². The molecule has 2 aromatic heterocycles. The van der Waals surface area contributed by atoms with Gasteiger partial charge in [0, 0.05) is 25.8 Å². The van der Waals surface area contributed by atoms with E-state index in [1.165, 1.54) is 50.5 Å². The SMILES string of the molecule is O=C(NCCC1=CCCCC1)c1cccn1-c1nnc(N2CCCCC2)s1. The van der Waals surface area contributed by atoms with E-state index in [0.717, 1.165) is 29.8 Å². The highest BCUT2D eigenvalue weighted by molar-refractivity contribution is 7.17.